The smallest absolute Gasteiger partial charge is 0.240 e. The third-order valence-corrected chi connectivity index (χ3v) is 7.28. The molecular formula is C20H19F2N3O2S2. The van der Waals surface area contributed by atoms with Crippen LogP contribution >= 0.6 is 11.3 Å². The van der Waals surface area contributed by atoms with Gasteiger partial charge in [-0.3, -0.25) is 0 Å². The molecule has 0 amide bonds. The van der Waals surface area contributed by atoms with Gasteiger partial charge in [-0.25, -0.2) is 26.9 Å². The molecule has 5 nitrogen and oxygen atoms in total. The maximum atomic E-state index is 13.1. The molecule has 2 heterocycles. The Balaban J connectivity index is 1.37. The second kappa shape index (κ2) is 8.17. The fourth-order valence-electron chi connectivity index (χ4n) is 3.25. The number of rotatable bonds is 5. The van der Waals surface area contributed by atoms with Gasteiger partial charge in [0.05, 0.1) is 10.6 Å². The van der Waals surface area contributed by atoms with Crippen molar-refractivity contribution in [2.75, 3.05) is 18.0 Å². The Morgan fingerprint density at radius 2 is 1.55 bits per heavy atom. The number of nitrogens with one attached hydrogen (secondary N) is 1. The van der Waals surface area contributed by atoms with Crippen molar-refractivity contribution in [1.82, 2.24) is 9.71 Å². The maximum Gasteiger partial charge on any atom is 0.240 e. The molecule has 0 saturated carbocycles. The summed E-state index contributed by atoms with van der Waals surface area (Å²) in [6, 6.07) is 10.8. The molecule has 1 N–H and O–H groups in total. The van der Waals surface area contributed by atoms with Crippen LogP contribution in [0.25, 0.3) is 11.3 Å². The number of hydrogen-bond acceptors (Lipinski definition) is 5. The van der Waals surface area contributed by atoms with Gasteiger partial charge in [-0.2, -0.15) is 0 Å². The molecule has 0 bridgehead atoms. The first-order valence-electron chi connectivity index (χ1n) is 9.15. The van der Waals surface area contributed by atoms with Crippen LogP contribution in [0.4, 0.5) is 13.9 Å². The van der Waals surface area contributed by atoms with Gasteiger partial charge in [0.1, 0.15) is 11.6 Å². The van der Waals surface area contributed by atoms with Crippen molar-refractivity contribution in [2.24, 2.45) is 0 Å². The molecule has 2 aromatic carbocycles. The molecule has 152 valence electrons. The third kappa shape index (κ3) is 4.63. The molecule has 0 aliphatic carbocycles. The van der Waals surface area contributed by atoms with E-state index < -0.39 is 15.8 Å². The van der Waals surface area contributed by atoms with Gasteiger partial charge in [0.15, 0.2) is 5.13 Å². The van der Waals surface area contributed by atoms with Crippen molar-refractivity contribution >= 4 is 26.5 Å². The quantitative estimate of drug-likeness (QED) is 0.657. The van der Waals surface area contributed by atoms with E-state index in [0.717, 1.165) is 28.5 Å². The minimum Gasteiger partial charge on any atom is -0.348 e. The fourth-order valence-corrected chi connectivity index (χ4v) is 5.45. The van der Waals surface area contributed by atoms with Crippen molar-refractivity contribution in [3.8, 4) is 11.3 Å². The van der Waals surface area contributed by atoms with E-state index in [-0.39, 0.29) is 16.8 Å². The Morgan fingerprint density at radius 1 is 0.966 bits per heavy atom. The van der Waals surface area contributed by atoms with Gasteiger partial charge in [-0.1, -0.05) is 0 Å². The predicted molar refractivity (Wildman–Crippen MR) is 109 cm³/mol. The largest absolute Gasteiger partial charge is 0.348 e. The summed E-state index contributed by atoms with van der Waals surface area (Å²) in [5.74, 6) is -0.755. The number of thiazole rings is 1. The first-order chi connectivity index (χ1) is 13.9. The monoisotopic (exact) mass is 435 g/mol. The van der Waals surface area contributed by atoms with E-state index in [1.165, 1.54) is 35.6 Å². The number of hydrogen-bond donors (Lipinski definition) is 1. The van der Waals surface area contributed by atoms with Crippen LogP contribution in [0.3, 0.4) is 0 Å². The Bertz CT molecular complexity index is 1080. The summed E-state index contributed by atoms with van der Waals surface area (Å²) in [5.41, 5.74) is 1.65. The summed E-state index contributed by atoms with van der Waals surface area (Å²) in [6.45, 7) is 1.35. The molecule has 0 atom stereocenters. The topological polar surface area (TPSA) is 62.3 Å². The van der Waals surface area contributed by atoms with E-state index in [1.807, 2.05) is 5.38 Å². The van der Waals surface area contributed by atoms with Crippen LogP contribution in [0, 0.1) is 11.6 Å². The van der Waals surface area contributed by atoms with Crippen LogP contribution in [0.1, 0.15) is 12.8 Å². The lowest BCUT2D eigenvalue weighted by Gasteiger charge is -2.32. The SMILES string of the molecule is O=S(=O)(NC1CCN(c2nc(-c3ccc(F)cc3)cs2)CC1)c1ccc(F)cc1. The molecular weight excluding hydrogens is 416 g/mol. The van der Waals surface area contributed by atoms with E-state index in [9.17, 15) is 17.2 Å². The second-order valence-corrected chi connectivity index (χ2v) is 9.41. The highest BCUT2D eigenvalue weighted by atomic mass is 32.2. The lowest BCUT2D eigenvalue weighted by molar-refractivity contribution is 0.460. The molecule has 1 saturated heterocycles. The predicted octanol–water partition coefficient (Wildman–Crippen LogP) is 4.04. The standard InChI is InChI=1S/C20H19F2N3O2S2/c21-15-3-1-14(2-4-15)19-13-28-20(23-19)25-11-9-17(10-12-25)24-29(26,27)18-7-5-16(22)6-8-18/h1-8,13,17,24H,9-12H2. The van der Waals surface area contributed by atoms with Crippen molar-refractivity contribution in [3.63, 3.8) is 0 Å². The third-order valence-electron chi connectivity index (χ3n) is 4.84. The molecule has 1 aromatic heterocycles. The summed E-state index contributed by atoms with van der Waals surface area (Å²) < 4.78 is 53.7. The van der Waals surface area contributed by atoms with Crippen LogP contribution in [0.5, 0.6) is 0 Å². The molecule has 3 aromatic rings. The fraction of sp³-hybridized carbons (Fsp3) is 0.250. The zero-order valence-corrected chi connectivity index (χ0v) is 17.0. The van der Waals surface area contributed by atoms with Gasteiger partial charge in [0.25, 0.3) is 0 Å². The summed E-state index contributed by atoms with van der Waals surface area (Å²) in [4.78, 5) is 6.82. The van der Waals surface area contributed by atoms with Crippen molar-refractivity contribution in [3.05, 3.63) is 65.5 Å². The Labute approximate surface area is 172 Å². The van der Waals surface area contributed by atoms with Crippen LogP contribution in [0.15, 0.2) is 58.8 Å². The van der Waals surface area contributed by atoms with Crippen molar-refractivity contribution in [1.29, 1.82) is 0 Å². The lowest BCUT2D eigenvalue weighted by Crippen LogP contribution is -2.44. The average molecular weight is 436 g/mol. The number of nitrogens with zero attached hydrogens (tertiary/aromatic N) is 2. The number of piperidine rings is 1. The maximum absolute atomic E-state index is 13.1. The normalized spacial score (nSPS) is 15.6. The van der Waals surface area contributed by atoms with Gasteiger partial charge < -0.3 is 4.90 Å². The lowest BCUT2D eigenvalue weighted by atomic mass is 10.1. The van der Waals surface area contributed by atoms with E-state index >= 15 is 0 Å². The molecule has 4 rings (SSSR count). The minimum atomic E-state index is -3.67. The van der Waals surface area contributed by atoms with Crippen LogP contribution in [-0.2, 0) is 10.0 Å². The molecule has 0 radical (unpaired) electrons. The van der Waals surface area contributed by atoms with E-state index in [1.54, 1.807) is 12.1 Å². The van der Waals surface area contributed by atoms with E-state index in [0.29, 0.717) is 25.9 Å². The van der Waals surface area contributed by atoms with E-state index in [4.69, 9.17) is 0 Å². The molecule has 1 fully saturated rings. The van der Waals surface area contributed by atoms with Gasteiger partial charge in [-0.15, -0.1) is 11.3 Å². The first-order valence-corrected chi connectivity index (χ1v) is 11.5. The highest BCUT2D eigenvalue weighted by Crippen LogP contribution is 2.29. The summed E-state index contributed by atoms with van der Waals surface area (Å²) in [6.07, 6.45) is 1.29. The van der Waals surface area contributed by atoms with Crippen LogP contribution in [0.2, 0.25) is 0 Å². The number of benzene rings is 2. The molecule has 9 heteroatoms. The molecule has 0 unspecified atom stereocenters. The molecule has 0 spiro atoms. The van der Waals surface area contributed by atoms with Gasteiger partial charge >= 0.3 is 0 Å². The minimum absolute atomic E-state index is 0.0604. The molecule has 29 heavy (non-hydrogen) atoms. The van der Waals surface area contributed by atoms with Gasteiger partial charge in [0.2, 0.25) is 10.0 Å². The summed E-state index contributed by atoms with van der Waals surface area (Å²) >= 11 is 1.51. The summed E-state index contributed by atoms with van der Waals surface area (Å²) in [7, 11) is -3.67. The average Bonchev–Trinajstić information content (AvgIpc) is 3.19. The first kappa shape index (κ1) is 19.9. The highest BCUT2D eigenvalue weighted by molar-refractivity contribution is 7.89. The molecule has 1 aliphatic heterocycles. The number of anilines is 1. The zero-order valence-electron chi connectivity index (χ0n) is 15.4. The van der Waals surface area contributed by atoms with Crippen LogP contribution < -0.4 is 9.62 Å². The second-order valence-electron chi connectivity index (χ2n) is 6.86. The number of halogens is 2. The van der Waals surface area contributed by atoms with Crippen molar-refractivity contribution < 1.29 is 17.2 Å². The highest BCUT2D eigenvalue weighted by Gasteiger charge is 2.26. The number of sulfonamides is 1. The Hall–Kier alpha value is -2.36. The Morgan fingerprint density at radius 3 is 2.17 bits per heavy atom. The van der Waals surface area contributed by atoms with Crippen LogP contribution in [-0.4, -0.2) is 32.5 Å². The van der Waals surface area contributed by atoms with E-state index in [2.05, 4.69) is 14.6 Å². The van der Waals surface area contributed by atoms with Gasteiger partial charge in [0, 0.05) is 30.1 Å². The van der Waals surface area contributed by atoms with Crippen molar-refractivity contribution in [2.45, 2.75) is 23.8 Å². The summed E-state index contributed by atoms with van der Waals surface area (Å²) in [5, 5.41) is 2.80. The Kier molecular flexibility index (Phi) is 5.62. The zero-order chi connectivity index (χ0) is 20.4. The number of aromatic nitrogens is 1. The molecule has 1 aliphatic rings. The van der Waals surface area contributed by atoms with Gasteiger partial charge in [-0.05, 0) is 61.4 Å².